The van der Waals surface area contributed by atoms with E-state index in [1.807, 2.05) is 99.6 Å². The summed E-state index contributed by atoms with van der Waals surface area (Å²) in [6.07, 6.45) is 2.17. The third-order valence-corrected chi connectivity index (χ3v) is 8.81. The van der Waals surface area contributed by atoms with Crippen LogP contribution in [0.2, 0.25) is 0 Å². The minimum Gasteiger partial charge on any atom is -0.683 e. The molecule has 0 bridgehead atoms. The summed E-state index contributed by atoms with van der Waals surface area (Å²) in [4.78, 5) is 37.6. The first-order valence-corrected chi connectivity index (χ1v) is 20.2. The molecule has 2 aliphatic heterocycles. The predicted octanol–water partition coefficient (Wildman–Crippen LogP) is 9.46. The van der Waals surface area contributed by atoms with Crippen molar-refractivity contribution in [3.05, 3.63) is 90.0 Å². The SMILES string of the molecule is CC.CC.CC(Cc1ccc2c(c1)OCO2)N(C)C(=O)OC(C)(C)C.COC(=O)N(C)C(C)Cc1ccc2c(c1)OCC2.[CH2-]Oc1[c-]ccc(CC(C)NC(=O)OC)c1.[U+2]. The molecule has 3 atom stereocenters. The number of nitrogens with zero attached hydrogens (tertiary/aromatic N) is 2. The molecule has 3 aromatic rings. The van der Waals surface area contributed by atoms with Crippen LogP contribution < -0.4 is 24.3 Å². The normalized spacial score (nSPS) is 12.8. The summed E-state index contributed by atoms with van der Waals surface area (Å²) in [5, 5.41) is 2.69. The van der Waals surface area contributed by atoms with Crippen LogP contribution in [0.15, 0.2) is 54.6 Å². The maximum absolute atomic E-state index is 12.0. The second-order valence-electron chi connectivity index (χ2n) is 14.5. The molecule has 2 heterocycles. The molecule has 3 unspecified atom stereocenters. The smallest absolute Gasteiger partial charge is 0.683 e. The Morgan fingerprint density at radius 3 is 1.88 bits per heavy atom. The number of carbonyl (C=O) groups is 3. The zero-order chi connectivity index (χ0) is 44.7. The maximum Gasteiger partial charge on any atom is 2.00 e. The Hall–Kier alpha value is -4.28. The van der Waals surface area contributed by atoms with E-state index >= 15 is 0 Å². The summed E-state index contributed by atoms with van der Waals surface area (Å²) in [6.45, 7) is 20.5. The zero-order valence-corrected chi connectivity index (χ0v) is 42.5. The van der Waals surface area contributed by atoms with E-state index in [2.05, 4.69) is 41.4 Å². The van der Waals surface area contributed by atoms with Crippen LogP contribution in [0, 0.1) is 44.3 Å². The van der Waals surface area contributed by atoms with Crippen LogP contribution >= 0.6 is 0 Å². The molecule has 0 fully saturated rings. The number of carbonyl (C=O) groups excluding carboxylic acids is 3. The van der Waals surface area contributed by atoms with Gasteiger partial charge in [0.05, 0.1) is 20.8 Å². The second kappa shape index (κ2) is 29.1. The van der Waals surface area contributed by atoms with Crippen molar-refractivity contribution in [2.75, 3.05) is 41.7 Å². The van der Waals surface area contributed by atoms with Gasteiger partial charge in [0.25, 0.3) is 0 Å². The summed E-state index contributed by atoms with van der Waals surface area (Å²) in [7, 11) is 9.56. The second-order valence-corrected chi connectivity index (χ2v) is 14.5. The monoisotopic (exact) mass is 1060 g/mol. The number of fused-ring (bicyclic) bond motifs is 2. The average molecular weight is 1060 g/mol. The first-order valence-electron chi connectivity index (χ1n) is 20.2. The van der Waals surface area contributed by atoms with Crippen LogP contribution in [0.25, 0.3) is 0 Å². The number of alkyl carbamates (subject to hydrolysis) is 1. The molecule has 0 saturated carbocycles. The average Bonchev–Trinajstić information content (AvgIpc) is 3.90. The van der Waals surface area contributed by atoms with Crippen LogP contribution in [0.3, 0.4) is 0 Å². The fraction of sp³-hybridized carbons (Fsp3) is 0.522. The van der Waals surface area contributed by atoms with Crippen molar-refractivity contribution >= 4 is 18.3 Å². The Bertz CT molecular complexity index is 1720. The fourth-order valence-electron chi connectivity index (χ4n) is 5.56. The van der Waals surface area contributed by atoms with Crippen LogP contribution in [-0.2, 0) is 39.9 Å². The van der Waals surface area contributed by atoms with Crippen molar-refractivity contribution in [3.8, 4) is 23.0 Å². The van der Waals surface area contributed by atoms with E-state index in [9.17, 15) is 14.4 Å². The number of benzene rings is 3. The van der Waals surface area contributed by atoms with Crippen LogP contribution in [0.5, 0.6) is 23.0 Å². The van der Waals surface area contributed by atoms with Crippen molar-refractivity contribution in [1.29, 1.82) is 0 Å². The zero-order valence-electron chi connectivity index (χ0n) is 38.4. The number of hydrogen-bond acceptors (Lipinski definition) is 10. The van der Waals surface area contributed by atoms with Gasteiger partial charge >= 0.3 is 49.4 Å². The molecule has 2 aliphatic rings. The van der Waals surface area contributed by atoms with Gasteiger partial charge in [-0.25, -0.2) is 14.4 Å². The fourth-order valence-corrected chi connectivity index (χ4v) is 5.56. The van der Waals surface area contributed by atoms with Gasteiger partial charge in [0, 0.05) is 38.6 Å². The van der Waals surface area contributed by atoms with E-state index in [-0.39, 0.29) is 68.2 Å². The number of methoxy groups -OCH3 is 2. The standard InChI is InChI=1S/C16H23NO4.C14H19NO3.C12H15NO3.2C2H6.U/c1-11(17(5)15(18)21-16(2,3)4)8-12-6-7-13-14(9-12)20-10-19-13;1-10(15(2)14(16)17-3)8-11-4-5-12-6-7-18-13(12)9-11;1-9(13-12(14)16-3)7-10-5-4-6-11(8-10)15-2;2*1-2;/h6-7,9,11H,8,10H2,1-5H3;4-5,9-10H,6-8H2,1-3H3;4-5,8-9H,2,7H2,1,3H3,(H,13,14);2*1-2H3;/q;;-2;;;+2. The summed E-state index contributed by atoms with van der Waals surface area (Å²) < 4.78 is 35.6. The van der Waals surface area contributed by atoms with Crippen LogP contribution in [-0.4, -0.2) is 93.5 Å². The molecule has 14 heteroatoms. The molecule has 5 rings (SSSR count). The van der Waals surface area contributed by atoms with E-state index in [0.29, 0.717) is 12.2 Å². The molecular weight excluding hydrogens is 993 g/mol. The molecule has 3 aromatic carbocycles. The van der Waals surface area contributed by atoms with Crippen molar-refractivity contribution in [2.24, 2.45) is 0 Å². The van der Waals surface area contributed by atoms with Gasteiger partial charge < -0.3 is 48.3 Å². The summed E-state index contributed by atoms with van der Waals surface area (Å²) >= 11 is 0. The van der Waals surface area contributed by atoms with Gasteiger partial charge in [-0.15, -0.1) is 12.1 Å². The van der Waals surface area contributed by atoms with Gasteiger partial charge in [0.2, 0.25) is 6.79 Å². The molecule has 0 radical (unpaired) electrons. The van der Waals surface area contributed by atoms with Gasteiger partial charge in [-0.2, -0.15) is 24.8 Å². The molecule has 0 saturated heterocycles. The number of rotatable bonds is 10. The van der Waals surface area contributed by atoms with Gasteiger partial charge in [0.15, 0.2) is 11.5 Å². The van der Waals surface area contributed by atoms with Crippen molar-refractivity contribution in [2.45, 2.75) is 119 Å². The Morgan fingerprint density at radius 2 is 1.32 bits per heavy atom. The third-order valence-electron chi connectivity index (χ3n) is 8.81. The van der Waals surface area contributed by atoms with Crippen LogP contribution in [0.4, 0.5) is 14.4 Å². The molecule has 3 amide bonds. The van der Waals surface area contributed by atoms with E-state index in [1.54, 1.807) is 30.0 Å². The minimum atomic E-state index is -0.482. The Kier molecular flexibility index (Phi) is 27.0. The summed E-state index contributed by atoms with van der Waals surface area (Å²) in [6, 6.07) is 20.7. The Balaban J connectivity index is 0.000000835. The molecular formula is C46H69N3O10U. The molecule has 60 heavy (non-hydrogen) atoms. The quantitative estimate of drug-likeness (QED) is 0.155. The third kappa shape index (κ3) is 19.9. The first-order chi connectivity index (χ1) is 28.0. The Morgan fingerprint density at radius 1 is 0.767 bits per heavy atom. The molecule has 332 valence electrons. The summed E-state index contributed by atoms with van der Waals surface area (Å²) in [5.41, 5.74) is 4.11. The van der Waals surface area contributed by atoms with Gasteiger partial charge in [-0.05, 0) is 101 Å². The number of nitrogens with one attached hydrogen (secondary N) is 1. The largest absolute Gasteiger partial charge is 2.00 e. The molecule has 0 spiro atoms. The van der Waals surface area contributed by atoms with Crippen molar-refractivity contribution in [1.82, 2.24) is 15.1 Å². The van der Waals surface area contributed by atoms with Gasteiger partial charge in [-0.3, -0.25) is 0 Å². The molecule has 1 N–H and O–H groups in total. The predicted molar refractivity (Wildman–Crippen MR) is 231 cm³/mol. The van der Waals surface area contributed by atoms with E-state index in [4.69, 9.17) is 28.4 Å². The molecule has 0 aromatic heterocycles. The topological polar surface area (TPSA) is 134 Å². The number of likely N-dealkylation sites (N-methyl/N-ethyl adjacent to an activating group) is 2. The van der Waals surface area contributed by atoms with Gasteiger partial charge in [-0.1, -0.05) is 45.9 Å². The van der Waals surface area contributed by atoms with E-state index < -0.39 is 11.7 Å². The van der Waals surface area contributed by atoms with E-state index in [1.165, 1.54) is 25.3 Å². The van der Waals surface area contributed by atoms with E-state index in [0.717, 1.165) is 54.2 Å². The van der Waals surface area contributed by atoms with Crippen molar-refractivity contribution < 1.29 is 78.7 Å². The maximum atomic E-state index is 12.0. The summed E-state index contributed by atoms with van der Waals surface area (Å²) in [5.74, 6) is 3.11. The van der Waals surface area contributed by atoms with Crippen molar-refractivity contribution in [3.63, 3.8) is 0 Å². The number of amides is 3. The molecule has 13 nitrogen and oxygen atoms in total. The number of ether oxygens (including phenoxy) is 7. The van der Waals surface area contributed by atoms with Gasteiger partial charge in [0.1, 0.15) is 11.4 Å². The molecule has 0 aliphatic carbocycles. The number of hydrogen-bond donors (Lipinski definition) is 1. The van der Waals surface area contributed by atoms with Crippen LogP contribution in [0.1, 0.15) is 91.5 Å². The minimum absolute atomic E-state index is 0. The first kappa shape index (κ1) is 55.7. The Labute approximate surface area is 383 Å².